The van der Waals surface area contributed by atoms with Crippen molar-refractivity contribution in [2.45, 2.75) is 51.0 Å². The van der Waals surface area contributed by atoms with Gasteiger partial charge in [0.25, 0.3) is 0 Å². The van der Waals surface area contributed by atoms with Gasteiger partial charge in [-0.3, -0.25) is 0 Å². The molecule has 2 aliphatic rings. The first-order chi connectivity index (χ1) is 9.07. The molecule has 0 aromatic heterocycles. The lowest BCUT2D eigenvalue weighted by Crippen LogP contribution is -2.59. The molecule has 1 heterocycles. The zero-order valence-electron chi connectivity index (χ0n) is 11.6. The monoisotopic (exact) mass is 268 g/mol. The fraction of sp³-hybridized carbons (Fsp3) is 0.846. The highest BCUT2D eigenvalue weighted by molar-refractivity contribution is 5.93. The number of likely N-dealkylation sites (tertiary alicyclic amines) is 1. The highest BCUT2D eigenvalue weighted by atomic mass is 16.4. The van der Waals surface area contributed by atoms with Gasteiger partial charge in [-0.15, -0.1) is 0 Å². The number of hydrogen-bond acceptors (Lipinski definition) is 3. The highest BCUT2D eigenvalue weighted by Crippen LogP contribution is 2.30. The van der Waals surface area contributed by atoms with Gasteiger partial charge in [-0.1, -0.05) is 24.9 Å². The smallest absolute Gasteiger partial charge is 0.318 e. The van der Waals surface area contributed by atoms with Gasteiger partial charge >= 0.3 is 6.03 Å². The quantitative estimate of drug-likeness (QED) is 0.307. The van der Waals surface area contributed by atoms with Crippen LogP contribution in [0, 0.1) is 5.92 Å². The number of piperidine rings is 1. The van der Waals surface area contributed by atoms with Crippen molar-refractivity contribution >= 4 is 11.9 Å². The van der Waals surface area contributed by atoms with Crippen molar-refractivity contribution in [2.24, 2.45) is 16.8 Å². The van der Waals surface area contributed by atoms with Gasteiger partial charge in [0.2, 0.25) is 0 Å². The van der Waals surface area contributed by atoms with Crippen LogP contribution < -0.4 is 11.1 Å². The molecule has 0 aromatic rings. The van der Waals surface area contributed by atoms with Gasteiger partial charge in [0.15, 0.2) is 5.84 Å². The number of rotatable bonds is 2. The fourth-order valence-electron chi connectivity index (χ4n) is 3.01. The lowest BCUT2D eigenvalue weighted by molar-refractivity contribution is 0.167. The van der Waals surface area contributed by atoms with Gasteiger partial charge in [0.05, 0.1) is 0 Å². The summed E-state index contributed by atoms with van der Waals surface area (Å²) in [6, 6.07) is -0.0830. The Kier molecular flexibility index (Phi) is 4.17. The summed E-state index contributed by atoms with van der Waals surface area (Å²) in [5.74, 6) is 0.817. The molecule has 6 heteroatoms. The Bertz CT molecular complexity index is 356. The Hall–Kier alpha value is -1.46. The number of carbonyl (C=O) groups is 1. The molecular formula is C13H24N4O2. The van der Waals surface area contributed by atoms with Gasteiger partial charge < -0.3 is 21.2 Å². The molecule has 2 amide bonds. The summed E-state index contributed by atoms with van der Waals surface area (Å²) in [6.45, 7) is 3.79. The molecule has 2 fully saturated rings. The van der Waals surface area contributed by atoms with Crippen LogP contribution in [0.15, 0.2) is 5.16 Å². The van der Waals surface area contributed by atoms with E-state index >= 15 is 0 Å². The molecule has 4 N–H and O–H groups in total. The zero-order chi connectivity index (χ0) is 13.9. The van der Waals surface area contributed by atoms with Crippen molar-refractivity contribution in [2.75, 3.05) is 13.1 Å². The standard InChI is InChI=1S/C13H24N4O2/c1-10-4-8-17(9-5-10)12(18)15-13(11(14)16-19)6-2-3-7-13/h10,19H,2-9H2,1H3,(H2,14,16)(H,15,18). The van der Waals surface area contributed by atoms with E-state index in [1.165, 1.54) is 0 Å². The van der Waals surface area contributed by atoms with E-state index in [-0.39, 0.29) is 11.9 Å². The highest BCUT2D eigenvalue weighted by Gasteiger charge is 2.40. The second-order valence-corrected chi connectivity index (χ2v) is 5.87. The minimum atomic E-state index is -0.644. The Morgan fingerprint density at radius 3 is 2.47 bits per heavy atom. The van der Waals surface area contributed by atoms with Crippen molar-refractivity contribution < 1.29 is 10.0 Å². The van der Waals surface area contributed by atoms with E-state index in [0.29, 0.717) is 5.92 Å². The van der Waals surface area contributed by atoms with Crippen LogP contribution in [-0.4, -0.2) is 40.6 Å². The maximum Gasteiger partial charge on any atom is 0.318 e. The first-order valence-electron chi connectivity index (χ1n) is 7.12. The third-order valence-corrected chi connectivity index (χ3v) is 4.47. The molecule has 0 bridgehead atoms. The molecule has 108 valence electrons. The molecule has 0 atom stereocenters. The summed E-state index contributed by atoms with van der Waals surface area (Å²) >= 11 is 0. The van der Waals surface area contributed by atoms with Gasteiger partial charge in [-0.25, -0.2) is 4.79 Å². The van der Waals surface area contributed by atoms with E-state index in [2.05, 4.69) is 17.4 Å². The summed E-state index contributed by atoms with van der Waals surface area (Å²) in [6.07, 6.45) is 5.58. The lowest BCUT2D eigenvalue weighted by Gasteiger charge is -2.35. The summed E-state index contributed by atoms with van der Waals surface area (Å²) < 4.78 is 0. The van der Waals surface area contributed by atoms with Crippen molar-refractivity contribution in [1.82, 2.24) is 10.2 Å². The number of nitrogens with zero attached hydrogens (tertiary/aromatic N) is 2. The van der Waals surface area contributed by atoms with Crippen molar-refractivity contribution in [1.29, 1.82) is 0 Å². The zero-order valence-corrected chi connectivity index (χ0v) is 11.6. The maximum absolute atomic E-state index is 12.3. The van der Waals surface area contributed by atoms with Crippen LogP contribution in [0.5, 0.6) is 0 Å². The van der Waals surface area contributed by atoms with Crippen molar-refractivity contribution in [3.63, 3.8) is 0 Å². The second kappa shape index (κ2) is 5.67. The second-order valence-electron chi connectivity index (χ2n) is 5.87. The molecule has 6 nitrogen and oxygen atoms in total. The number of urea groups is 1. The molecule has 1 aliphatic carbocycles. The molecule has 0 unspecified atom stereocenters. The molecule has 2 rings (SSSR count). The first kappa shape index (κ1) is 14.0. The van der Waals surface area contributed by atoms with Crippen LogP contribution in [0.3, 0.4) is 0 Å². The third kappa shape index (κ3) is 2.93. The van der Waals surface area contributed by atoms with Crippen LogP contribution in [0.2, 0.25) is 0 Å². The molecule has 1 saturated carbocycles. The largest absolute Gasteiger partial charge is 0.409 e. The van der Waals surface area contributed by atoms with Gasteiger partial charge in [0.1, 0.15) is 5.54 Å². The van der Waals surface area contributed by atoms with Crippen molar-refractivity contribution in [3.8, 4) is 0 Å². The number of nitrogens with one attached hydrogen (secondary N) is 1. The minimum absolute atomic E-state index is 0.0830. The lowest BCUT2D eigenvalue weighted by atomic mass is 9.96. The van der Waals surface area contributed by atoms with Gasteiger partial charge in [-0.2, -0.15) is 0 Å². The fourth-order valence-corrected chi connectivity index (χ4v) is 3.01. The molecule has 0 aromatic carbocycles. The minimum Gasteiger partial charge on any atom is -0.409 e. The van der Waals surface area contributed by atoms with Crippen LogP contribution >= 0.6 is 0 Å². The van der Waals surface area contributed by atoms with E-state index in [9.17, 15) is 4.79 Å². The Labute approximate surface area is 114 Å². The van der Waals surface area contributed by atoms with Gasteiger partial charge in [-0.05, 0) is 31.6 Å². The Morgan fingerprint density at radius 1 is 1.37 bits per heavy atom. The SMILES string of the molecule is CC1CCN(C(=O)NC2(C(N)=NO)CCCC2)CC1. The van der Waals surface area contributed by atoms with E-state index in [1.807, 2.05) is 4.90 Å². The average molecular weight is 268 g/mol. The average Bonchev–Trinajstić information content (AvgIpc) is 2.88. The number of amides is 2. The van der Waals surface area contributed by atoms with Gasteiger partial charge in [0, 0.05) is 13.1 Å². The maximum atomic E-state index is 12.3. The Morgan fingerprint density at radius 2 is 1.95 bits per heavy atom. The number of amidine groups is 1. The van der Waals surface area contributed by atoms with Crippen LogP contribution in [-0.2, 0) is 0 Å². The molecular weight excluding hydrogens is 244 g/mol. The summed E-state index contributed by atoms with van der Waals surface area (Å²) in [4.78, 5) is 14.1. The van der Waals surface area contributed by atoms with E-state index in [1.54, 1.807) is 0 Å². The molecule has 1 aliphatic heterocycles. The van der Waals surface area contributed by atoms with Crippen LogP contribution in [0.25, 0.3) is 0 Å². The van der Waals surface area contributed by atoms with E-state index in [0.717, 1.165) is 51.6 Å². The first-order valence-corrected chi connectivity index (χ1v) is 7.12. The summed E-state index contributed by atoms with van der Waals surface area (Å²) in [7, 11) is 0. The number of oxime groups is 1. The van der Waals surface area contributed by atoms with Crippen LogP contribution in [0.4, 0.5) is 4.79 Å². The number of nitrogens with two attached hydrogens (primary N) is 1. The normalized spacial score (nSPS) is 24.5. The van der Waals surface area contributed by atoms with E-state index < -0.39 is 5.54 Å². The molecule has 19 heavy (non-hydrogen) atoms. The molecule has 0 spiro atoms. The molecule has 1 saturated heterocycles. The summed E-state index contributed by atoms with van der Waals surface area (Å²) in [5.41, 5.74) is 5.14. The third-order valence-electron chi connectivity index (χ3n) is 4.47. The summed E-state index contributed by atoms with van der Waals surface area (Å²) in [5, 5.41) is 15.0. The van der Waals surface area contributed by atoms with E-state index in [4.69, 9.17) is 10.9 Å². The number of hydrogen-bond donors (Lipinski definition) is 3. The van der Waals surface area contributed by atoms with Crippen LogP contribution in [0.1, 0.15) is 45.4 Å². The molecule has 0 radical (unpaired) electrons. The predicted octanol–water partition coefficient (Wildman–Crippen LogP) is 1.49. The van der Waals surface area contributed by atoms with Crippen molar-refractivity contribution in [3.05, 3.63) is 0 Å². The topological polar surface area (TPSA) is 91.0 Å². The predicted molar refractivity (Wildman–Crippen MR) is 73.1 cm³/mol. The Balaban J connectivity index is 2.00. The number of carbonyl (C=O) groups excluding carboxylic acids is 1.